The number of nitrogens with two attached hydrogens (primary N) is 1. The minimum absolute atomic E-state index is 0.309. The Morgan fingerprint density at radius 3 is 2.14 bits per heavy atom. The Morgan fingerprint density at radius 2 is 2.14 bits per heavy atom. The van der Waals surface area contributed by atoms with Gasteiger partial charge in [-0.3, -0.25) is 5.32 Å². The Balaban J connectivity index is 3.15. The standard InChI is InChI=1S/C4H12N2O/c1-4(2,7)6-3-5/h6-7H,3,5H2,1-2H3. The number of hydrogen-bond donors (Lipinski definition) is 3. The third-order valence-electron chi connectivity index (χ3n) is 0.535. The van der Waals surface area contributed by atoms with Crippen LogP contribution in [0.3, 0.4) is 0 Å². The van der Waals surface area contributed by atoms with Gasteiger partial charge in [0.15, 0.2) is 0 Å². The van der Waals surface area contributed by atoms with Gasteiger partial charge >= 0.3 is 0 Å². The zero-order valence-corrected chi connectivity index (χ0v) is 4.73. The first-order valence-electron chi connectivity index (χ1n) is 2.24. The van der Waals surface area contributed by atoms with E-state index in [0.29, 0.717) is 6.67 Å². The summed E-state index contributed by atoms with van der Waals surface area (Å²) in [5, 5.41) is 11.4. The number of nitrogens with one attached hydrogen (secondary N) is 1. The fraction of sp³-hybridized carbons (Fsp3) is 1.00. The molecule has 0 heterocycles. The van der Waals surface area contributed by atoms with E-state index in [1.807, 2.05) is 0 Å². The van der Waals surface area contributed by atoms with Crippen LogP contribution in [0, 0.1) is 0 Å². The van der Waals surface area contributed by atoms with E-state index in [2.05, 4.69) is 5.32 Å². The van der Waals surface area contributed by atoms with Crippen LogP contribution in [-0.4, -0.2) is 17.5 Å². The van der Waals surface area contributed by atoms with Gasteiger partial charge in [-0.15, -0.1) is 0 Å². The van der Waals surface area contributed by atoms with Crippen molar-refractivity contribution in [2.45, 2.75) is 19.6 Å². The molecule has 0 rings (SSSR count). The molecule has 0 fully saturated rings. The van der Waals surface area contributed by atoms with Crippen molar-refractivity contribution in [3.8, 4) is 0 Å². The summed E-state index contributed by atoms with van der Waals surface area (Å²) < 4.78 is 0. The first-order chi connectivity index (χ1) is 3.06. The van der Waals surface area contributed by atoms with Crippen molar-refractivity contribution >= 4 is 0 Å². The highest BCUT2D eigenvalue weighted by atomic mass is 16.3. The second-order valence-corrected chi connectivity index (χ2v) is 1.94. The summed E-state index contributed by atoms with van der Waals surface area (Å²) in [7, 11) is 0. The highest BCUT2D eigenvalue weighted by Crippen LogP contribution is 1.89. The van der Waals surface area contributed by atoms with Gasteiger partial charge < -0.3 is 10.8 Å². The summed E-state index contributed by atoms with van der Waals surface area (Å²) >= 11 is 0. The quantitative estimate of drug-likeness (QED) is 0.403. The Bertz CT molecular complexity index is 48.1. The molecule has 0 atom stereocenters. The fourth-order valence-electron chi connectivity index (χ4n) is 0.250. The molecule has 7 heavy (non-hydrogen) atoms. The molecule has 0 aromatic heterocycles. The van der Waals surface area contributed by atoms with E-state index in [1.54, 1.807) is 13.8 Å². The molecule has 0 aromatic carbocycles. The highest BCUT2D eigenvalue weighted by molar-refractivity contribution is 4.57. The first kappa shape index (κ1) is 6.88. The Hall–Kier alpha value is -0.120. The monoisotopic (exact) mass is 104 g/mol. The summed E-state index contributed by atoms with van der Waals surface area (Å²) in [6, 6.07) is 0. The average Bonchev–Trinajstić information content (AvgIpc) is 1.30. The van der Waals surface area contributed by atoms with Crippen molar-refractivity contribution in [3.05, 3.63) is 0 Å². The van der Waals surface area contributed by atoms with Gasteiger partial charge in [-0.05, 0) is 13.8 Å². The Labute approximate surface area is 43.5 Å². The molecule has 0 aliphatic rings. The number of aliphatic hydroxyl groups is 1. The fourth-order valence-corrected chi connectivity index (χ4v) is 0.250. The van der Waals surface area contributed by atoms with E-state index in [4.69, 9.17) is 10.8 Å². The van der Waals surface area contributed by atoms with Gasteiger partial charge in [-0.1, -0.05) is 0 Å². The van der Waals surface area contributed by atoms with E-state index in [-0.39, 0.29) is 0 Å². The minimum Gasteiger partial charge on any atom is -0.376 e. The van der Waals surface area contributed by atoms with Crippen LogP contribution in [0.1, 0.15) is 13.8 Å². The third kappa shape index (κ3) is 5.88. The van der Waals surface area contributed by atoms with Gasteiger partial charge in [-0.2, -0.15) is 0 Å². The maximum Gasteiger partial charge on any atom is 0.111 e. The van der Waals surface area contributed by atoms with E-state index in [1.165, 1.54) is 0 Å². The minimum atomic E-state index is -0.825. The summed E-state index contributed by atoms with van der Waals surface area (Å²) in [6.45, 7) is 3.59. The van der Waals surface area contributed by atoms with Gasteiger partial charge in [0, 0.05) is 6.67 Å². The molecule has 0 radical (unpaired) electrons. The topological polar surface area (TPSA) is 58.3 Å². The van der Waals surface area contributed by atoms with Gasteiger partial charge in [0.2, 0.25) is 0 Å². The first-order valence-corrected chi connectivity index (χ1v) is 2.24. The molecule has 0 aliphatic heterocycles. The molecular formula is C4H12N2O. The van der Waals surface area contributed by atoms with Crippen molar-refractivity contribution in [1.82, 2.24) is 5.32 Å². The molecule has 3 heteroatoms. The molecule has 4 N–H and O–H groups in total. The van der Waals surface area contributed by atoms with Crippen molar-refractivity contribution in [3.63, 3.8) is 0 Å². The van der Waals surface area contributed by atoms with Crippen LogP contribution in [0.15, 0.2) is 0 Å². The van der Waals surface area contributed by atoms with Crippen LogP contribution in [0.4, 0.5) is 0 Å². The van der Waals surface area contributed by atoms with Gasteiger partial charge in [0.25, 0.3) is 0 Å². The summed E-state index contributed by atoms with van der Waals surface area (Å²) in [6.07, 6.45) is 0. The maximum atomic E-state index is 8.83. The normalized spacial score (nSPS) is 12.0. The van der Waals surface area contributed by atoms with E-state index in [9.17, 15) is 0 Å². The van der Waals surface area contributed by atoms with Crippen molar-refractivity contribution in [2.24, 2.45) is 5.73 Å². The van der Waals surface area contributed by atoms with Gasteiger partial charge in [0.05, 0.1) is 0 Å². The van der Waals surface area contributed by atoms with Crippen molar-refractivity contribution in [2.75, 3.05) is 6.67 Å². The van der Waals surface area contributed by atoms with E-state index in [0.717, 1.165) is 0 Å². The summed E-state index contributed by atoms with van der Waals surface area (Å²) in [4.78, 5) is 0. The predicted octanol–water partition coefficient (Wildman–Crippen LogP) is -0.779. The molecule has 0 saturated carbocycles. The second-order valence-electron chi connectivity index (χ2n) is 1.94. The van der Waals surface area contributed by atoms with Crippen LogP contribution in [-0.2, 0) is 0 Å². The zero-order valence-electron chi connectivity index (χ0n) is 4.73. The zero-order chi connectivity index (χ0) is 5.91. The van der Waals surface area contributed by atoms with Crippen LogP contribution in [0.2, 0.25) is 0 Å². The van der Waals surface area contributed by atoms with Crippen LogP contribution in [0.25, 0.3) is 0 Å². The molecule has 44 valence electrons. The van der Waals surface area contributed by atoms with Crippen LogP contribution in [0.5, 0.6) is 0 Å². The lowest BCUT2D eigenvalue weighted by Crippen LogP contribution is -2.42. The molecule has 0 spiro atoms. The Kier molecular flexibility index (Phi) is 2.22. The number of hydrogen-bond acceptors (Lipinski definition) is 3. The summed E-state index contributed by atoms with van der Waals surface area (Å²) in [5.41, 5.74) is 4.22. The van der Waals surface area contributed by atoms with Crippen LogP contribution < -0.4 is 11.1 Å². The van der Waals surface area contributed by atoms with Crippen molar-refractivity contribution in [1.29, 1.82) is 0 Å². The molecule has 0 unspecified atom stereocenters. The lowest BCUT2D eigenvalue weighted by Gasteiger charge is -2.16. The molecule has 0 aliphatic carbocycles. The Morgan fingerprint density at radius 1 is 1.71 bits per heavy atom. The van der Waals surface area contributed by atoms with E-state index < -0.39 is 5.72 Å². The van der Waals surface area contributed by atoms with Crippen LogP contribution >= 0.6 is 0 Å². The van der Waals surface area contributed by atoms with Gasteiger partial charge in [-0.25, -0.2) is 0 Å². The van der Waals surface area contributed by atoms with E-state index >= 15 is 0 Å². The largest absolute Gasteiger partial charge is 0.376 e. The van der Waals surface area contributed by atoms with Crippen molar-refractivity contribution < 1.29 is 5.11 Å². The second kappa shape index (κ2) is 2.26. The predicted molar refractivity (Wildman–Crippen MR) is 28.5 cm³/mol. The smallest absolute Gasteiger partial charge is 0.111 e. The SMILES string of the molecule is CC(C)(O)NCN. The molecule has 0 aromatic rings. The highest BCUT2D eigenvalue weighted by Gasteiger charge is 2.07. The maximum absolute atomic E-state index is 8.83. The summed E-state index contributed by atoms with van der Waals surface area (Å²) in [5.74, 6) is 0. The lowest BCUT2D eigenvalue weighted by atomic mass is 10.3. The molecule has 0 amide bonds. The average molecular weight is 104 g/mol. The van der Waals surface area contributed by atoms with Gasteiger partial charge in [0.1, 0.15) is 5.72 Å². The lowest BCUT2D eigenvalue weighted by molar-refractivity contribution is 0.0449. The molecular weight excluding hydrogens is 92.1 g/mol. The molecule has 3 nitrogen and oxygen atoms in total. The molecule has 0 saturated heterocycles. The number of rotatable bonds is 2. The third-order valence-corrected chi connectivity index (χ3v) is 0.535. The molecule has 0 bridgehead atoms.